The molecule has 11 rings (SSSR count). The van der Waals surface area contributed by atoms with Crippen LogP contribution in [0, 0.1) is 0 Å². The van der Waals surface area contributed by atoms with Crippen molar-refractivity contribution in [2.45, 2.75) is 19.8 Å². The summed E-state index contributed by atoms with van der Waals surface area (Å²) >= 11 is 0. The largest absolute Gasteiger partial charge is 0.456 e. The van der Waals surface area contributed by atoms with E-state index < -0.39 is 0 Å². The molecule has 1 aromatic heterocycles. The Morgan fingerprint density at radius 3 is 1.79 bits per heavy atom. The molecule has 274 valence electrons. The van der Waals surface area contributed by atoms with Crippen LogP contribution >= 0.6 is 0 Å². The van der Waals surface area contributed by atoms with Gasteiger partial charge in [0.15, 0.2) is 5.84 Å². The molecule has 10 aromatic rings. The molecule has 0 fully saturated rings. The van der Waals surface area contributed by atoms with E-state index in [-0.39, 0.29) is 0 Å². The van der Waals surface area contributed by atoms with Crippen LogP contribution in [0.1, 0.15) is 36.5 Å². The van der Waals surface area contributed by atoms with Gasteiger partial charge in [0.1, 0.15) is 11.2 Å². The lowest BCUT2D eigenvalue weighted by molar-refractivity contribution is 0.669. The molecule has 0 radical (unpaired) electrons. The summed E-state index contributed by atoms with van der Waals surface area (Å²) in [5.41, 5.74) is 12.9. The summed E-state index contributed by atoms with van der Waals surface area (Å²) < 4.78 is 6.53. The lowest BCUT2D eigenvalue weighted by Gasteiger charge is -2.18. The van der Waals surface area contributed by atoms with Gasteiger partial charge in [0.25, 0.3) is 0 Å². The van der Waals surface area contributed by atoms with Crippen LogP contribution in [0.2, 0.25) is 0 Å². The van der Waals surface area contributed by atoms with Crippen LogP contribution in [-0.2, 0) is 0 Å². The van der Waals surface area contributed by atoms with E-state index in [1.165, 1.54) is 32.7 Å². The van der Waals surface area contributed by atoms with Crippen LogP contribution in [0.5, 0.6) is 0 Å². The van der Waals surface area contributed by atoms with Crippen molar-refractivity contribution in [3.63, 3.8) is 0 Å². The van der Waals surface area contributed by atoms with E-state index in [0.717, 1.165) is 96.2 Å². The van der Waals surface area contributed by atoms with Crippen LogP contribution in [-0.4, -0.2) is 11.5 Å². The number of hydrogen-bond donors (Lipinski definition) is 0. The third-order valence-corrected chi connectivity index (χ3v) is 11.8. The third kappa shape index (κ3) is 5.91. The molecule has 58 heavy (non-hydrogen) atoms. The van der Waals surface area contributed by atoms with Gasteiger partial charge in [-0.25, -0.2) is 9.98 Å². The van der Waals surface area contributed by atoms with E-state index in [1.807, 2.05) is 0 Å². The van der Waals surface area contributed by atoms with Gasteiger partial charge in [-0.15, -0.1) is 0 Å². The number of benzene rings is 9. The normalized spacial score (nSPS) is 16.6. The molecular weight excluding hydrogens is 705 g/mol. The number of fused-ring (bicyclic) bond motifs is 6. The average molecular weight is 743 g/mol. The smallest absolute Gasteiger partial charge is 0.160 e. The standard InChI is InChI=1S/C55H38N2O/c1-35-22-30-50(38-14-3-2-4-15-38)56-55(57-54(35)43-26-24-37-13-6-8-17-40(37)33-43)48-29-28-46(44-18-9-10-19-45(44)48)47-20-11-21-52-53(47)49-34-42(27-31-51(49)58-52)41-25-23-36-12-5-7-16-39(36)32-41/h2-21,23-29,31-34H,22,30H2,1H3/b54-35-,56-50+,57-55-. The SMILES string of the molecule is C/C1=C(c2ccc3ccccc3c2)/N=C(c2ccc(-c3cccc4oc5ccc(-c6ccc7ccccc7c6)cc5c34)c3ccccc23)\N=C(\c2ccccc2)CC1. The van der Waals surface area contributed by atoms with E-state index >= 15 is 0 Å². The first-order chi connectivity index (χ1) is 28.6. The summed E-state index contributed by atoms with van der Waals surface area (Å²) in [6.45, 7) is 2.22. The summed E-state index contributed by atoms with van der Waals surface area (Å²) in [4.78, 5) is 11.0. The van der Waals surface area contributed by atoms with Gasteiger partial charge in [0, 0.05) is 21.9 Å². The molecule has 1 aliphatic rings. The second-order valence-electron chi connectivity index (χ2n) is 15.3. The van der Waals surface area contributed by atoms with Crippen molar-refractivity contribution >= 4 is 71.5 Å². The van der Waals surface area contributed by atoms with Crippen LogP contribution in [0.4, 0.5) is 0 Å². The highest BCUT2D eigenvalue weighted by Crippen LogP contribution is 2.42. The first kappa shape index (κ1) is 33.9. The fourth-order valence-electron chi connectivity index (χ4n) is 8.77. The highest BCUT2D eigenvalue weighted by molar-refractivity contribution is 6.22. The zero-order valence-corrected chi connectivity index (χ0v) is 32.1. The molecule has 0 N–H and O–H groups in total. The molecule has 1 aliphatic heterocycles. The number of amidine groups is 1. The second kappa shape index (κ2) is 14.0. The summed E-state index contributed by atoms with van der Waals surface area (Å²) in [6, 6.07) is 67.1. The van der Waals surface area contributed by atoms with Crippen molar-refractivity contribution in [1.82, 2.24) is 0 Å². The van der Waals surface area contributed by atoms with Gasteiger partial charge in [-0.3, -0.25) is 0 Å². The van der Waals surface area contributed by atoms with E-state index in [1.54, 1.807) is 0 Å². The molecule has 0 amide bonds. The molecule has 0 saturated carbocycles. The Balaban J connectivity index is 1.10. The first-order valence-corrected chi connectivity index (χ1v) is 20.0. The summed E-state index contributed by atoms with van der Waals surface area (Å²) in [6.07, 6.45) is 1.69. The Labute approximate surface area is 337 Å². The monoisotopic (exact) mass is 742 g/mol. The zero-order valence-electron chi connectivity index (χ0n) is 32.1. The maximum atomic E-state index is 6.53. The van der Waals surface area contributed by atoms with Crippen LogP contribution in [0.15, 0.2) is 208 Å². The first-order valence-electron chi connectivity index (χ1n) is 20.0. The maximum absolute atomic E-state index is 6.53. The van der Waals surface area contributed by atoms with E-state index in [4.69, 9.17) is 14.4 Å². The maximum Gasteiger partial charge on any atom is 0.160 e. The average Bonchev–Trinajstić information content (AvgIpc) is 3.66. The number of aliphatic imine (C=N–C) groups is 2. The number of furan rings is 1. The molecule has 0 atom stereocenters. The van der Waals surface area contributed by atoms with Gasteiger partial charge >= 0.3 is 0 Å². The molecule has 0 spiro atoms. The Hall–Kier alpha value is -7.36. The van der Waals surface area contributed by atoms with Crippen molar-refractivity contribution < 1.29 is 4.42 Å². The van der Waals surface area contributed by atoms with E-state index in [9.17, 15) is 0 Å². The second-order valence-corrected chi connectivity index (χ2v) is 15.3. The summed E-state index contributed by atoms with van der Waals surface area (Å²) in [5.74, 6) is 0.718. The number of rotatable bonds is 5. The van der Waals surface area contributed by atoms with Crippen molar-refractivity contribution in [1.29, 1.82) is 0 Å². The zero-order chi connectivity index (χ0) is 38.6. The highest BCUT2D eigenvalue weighted by atomic mass is 16.3. The Morgan fingerprint density at radius 1 is 0.397 bits per heavy atom. The van der Waals surface area contributed by atoms with Crippen molar-refractivity contribution in [3.05, 3.63) is 210 Å². The predicted octanol–water partition coefficient (Wildman–Crippen LogP) is 14.8. The number of hydrogen-bond acceptors (Lipinski definition) is 3. The molecule has 0 unspecified atom stereocenters. The van der Waals surface area contributed by atoms with E-state index in [0.29, 0.717) is 0 Å². The fourth-order valence-corrected chi connectivity index (χ4v) is 8.77. The van der Waals surface area contributed by atoms with Gasteiger partial charge in [-0.1, -0.05) is 152 Å². The van der Waals surface area contributed by atoms with Gasteiger partial charge < -0.3 is 4.42 Å². The minimum absolute atomic E-state index is 0.718. The molecule has 0 aliphatic carbocycles. The van der Waals surface area contributed by atoms with Crippen LogP contribution in [0.25, 0.3) is 82.2 Å². The van der Waals surface area contributed by atoms with Crippen LogP contribution in [0.3, 0.4) is 0 Å². The predicted molar refractivity (Wildman–Crippen MR) is 245 cm³/mol. The highest BCUT2D eigenvalue weighted by Gasteiger charge is 2.21. The third-order valence-electron chi connectivity index (χ3n) is 11.8. The van der Waals surface area contributed by atoms with Gasteiger partial charge in [0.2, 0.25) is 0 Å². The van der Waals surface area contributed by atoms with Gasteiger partial charge in [-0.2, -0.15) is 0 Å². The summed E-state index contributed by atoms with van der Waals surface area (Å²) in [5, 5.41) is 9.35. The molecular formula is C55H38N2O. The fraction of sp³-hybridized carbons (Fsp3) is 0.0545. The molecule has 3 nitrogen and oxygen atoms in total. The van der Waals surface area contributed by atoms with E-state index in [2.05, 4.69) is 195 Å². The minimum atomic E-state index is 0.718. The molecule has 9 aromatic carbocycles. The molecule has 0 bridgehead atoms. The lowest BCUT2D eigenvalue weighted by Crippen LogP contribution is -2.11. The van der Waals surface area contributed by atoms with Gasteiger partial charge in [-0.05, 0) is 122 Å². The topological polar surface area (TPSA) is 37.9 Å². The Kier molecular flexibility index (Phi) is 8.18. The van der Waals surface area contributed by atoms with Gasteiger partial charge in [0.05, 0.1) is 11.4 Å². The molecule has 2 heterocycles. The summed E-state index contributed by atoms with van der Waals surface area (Å²) in [7, 11) is 0. The van der Waals surface area contributed by atoms with Crippen LogP contribution < -0.4 is 0 Å². The quantitative estimate of drug-likeness (QED) is 0.173. The molecule has 3 heteroatoms. The van der Waals surface area contributed by atoms with Crippen molar-refractivity contribution in [2.24, 2.45) is 9.98 Å². The Morgan fingerprint density at radius 2 is 1.02 bits per heavy atom. The molecule has 0 saturated heterocycles. The number of nitrogens with zero attached hydrogens (tertiary/aromatic N) is 2. The van der Waals surface area contributed by atoms with Crippen molar-refractivity contribution in [3.8, 4) is 22.3 Å². The minimum Gasteiger partial charge on any atom is -0.456 e. The lowest BCUT2D eigenvalue weighted by atomic mass is 9.91. The Bertz CT molecular complexity index is 3350. The van der Waals surface area contributed by atoms with Crippen molar-refractivity contribution in [2.75, 3.05) is 0 Å². The number of allylic oxidation sites excluding steroid dienone is 1.